The van der Waals surface area contributed by atoms with Gasteiger partial charge >= 0.3 is 0 Å². The number of carbonyl (C=O) groups excluding carboxylic acids is 1. The van der Waals surface area contributed by atoms with Crippen molar-refractivity contribution >= 4 is 34.8 Å². The number of carbonyl (C=O) groups is 1. The van der Waals surface area contributed by atoms with Gasteiger partial charge in [-0.1, -0.05) is 35.3 Å². The van der Waals surface area contributed by atoms with E-state index in [1.807, 2.05) is 62.7 Å². The van der Waals surface area contributed by atoms with Crippen molar-refractivity contribution in [3.8, 4) is 0 Å². The average Bonchev–Trinajstić information content (AvgIpc) is 2.88. The normalized spacial score (nSPS) is 10.9. The summed E-state index contributed by atoms with van der Waals surface area (Å²) in [7, 11) is 0. The van der Waals surface area contributed by atoms with Gasteiger partial charge in [0, 0.05) is 5.56 Å². The van der Waals surface area contributed by atoms with Gasteiger partial charge in [-0.05, 0) is 68.7 Å². The molecule has 4 nitrogen and oxygen atoms in total. The molecular weight excluding hydrogens is 381 g/mol. The first-order chi connectivity index (χ1) is 12.8. The van der Waals surface area contributed by atoms with Crippen LogP contribution < -0.4 is 5.32 Å². The highest BCUT2D eigenvalue weighted by molar-refractivity contribution is 6.42. The van der Waals surface area contributed by atoms with Gasteiger partial charge in [0.2, 0.25) is 0 Å². The van der Waals surface area contributed by atoms with Crippen molar-refractivity contribution in [2.24, 2.45) is 0 Å². The van der Waals surface area contributed by atoms with Gasteiger partial charge in [0.05, 0.1) is 33.7 Å². The molecule has 0 bridgehead atoms. The Morgan fingerprint density at radius 2 is 1.74 bits per heavy atom. The molecule has 2 aromatic carbocycles. The standard InChI is InChI=1S/C21H21Cl2N3O/c1-12-5-7-17(9-13(12)2)21(27)24-20-14(3)25-26(15(20)4)11-16-6-8-18(22)19(23)10-16/h5-10H,11H2,1-4H3,(H,24,27). The SMILES string of the molecule is Cc1ccc(C(=O)Nc2c(C)nn(Cc3ccc(Cl)c(Cl)c3)c2C)cc1C. The predicted octanol–water partition coefficient (Wildman–Crippen LogP) is 5.72. The van der Waals surface area contributed by atoms with Gasteiger partial charge in [-0.3, -0.25) is 9.48 Å². The minimum absolute atomic E-state index is 0.140. The van der Waals surface area contributed by atoms with Crippen molar-refractivity contribution in [3.63, 3.8) is 0 Å². The van der Waals surface area contributed by atoms with Gasteiger partial charge in [-0.2, -0.15) is 5.10 Å². The third kappa shape index (κ3) is 4.18. The van der Waals surface area contributed by atoms with Crippen molar-refractivity contribution in [2.45, 2.75) is 34.2 Å². The minimum atomic E-state index is -0.140. The molecule has 0 aliphatic carbocycles. The fraction of sp³-hybridized carbons (Fsp3) is 0.238. The molecule has 0 unspecified atom stereocenters. The van der Waals surface area contributed by atoms with Crippen molar-refractivity contribution in [1.29, 1.82) is 0 Å². The third-order valence-corrected chi connectivity index (χ3v) is 5.44. The Labute approximate surface area is 169 Å². The lowest BCUT2D eigenvalue weighted by molar-refractivity contribution is 0.102. The summed E-state index contributed by atoms with van der Waals surface area (Å²) >= 11 is 12.1. The second-order valence-electron chi connectivity index (χ2n) is 6.71. The van der Waals surface area contributed by atoms with E-state index < -0.39 is 0 Å². The number of nitrogens with zero attached hydrogens (tertiary/aromatic N) is 2. The van der Waals surface area contributed by atoms with E-state index in [9.17, 15) is 4.79 Å². The van der Waals surface area contributed by atoms with E-state index in [-0.39, 0.29) is 5.91 Å². The molecule has 140 valence electrons. The first-order valence-corrected chi connectivity index (χ1v) is 9.38. The largest absolute Gasteiger partial charge is 0.319 e. The van der Waals surface area contributed by atoms with Gasteiger partial charge in [-0.25, -0.2) is 0 Å². The summed E-state index contributed by atoms with van der Waals surface area (Å²) in [6.45, 7) is 8.39. The summed E-state index contributed by atoms with van der Waals surface area (Å²) in [5.41, 5.74) is 6.26. The first kappa shape index (κ1) is 19.5. The molecule has 0 spiro atoms. The molecule has 0 atom stereocenters. The number of hydrogen-bond donors (Lipinski definition) is 1. The zero-order valence-corrected chi connectivity index (χ0v) is 17.2. The summed E-state index contributed by atoms with van der Waals surface area (Å²) in [6.07, 6.45) is 0. The van der Waals surface area contributed by atoms with Crippen LogP contribution in [0.5, 0.6) is 0 Å². The molecule has 6 heteroatoms. The van der Waals surface area contributed by atoms with E-state index in [4.69, 9.17) is 23.2 Å². The van der Waals surface area contributed by atoms with Gasteiger partial charge < -0.3 is 5.32 Å². The maximum atomic E-state index is 12.7. The fourth-order valence-corrected chi connectivity index (χ4v) is 3.23. The molecule has 0 aliphatic rings. The molecule has 0 saturated heterocycles. The molecule has 27 heavy (non-hydrogen) atoms. The van der Waals surface area contributed by atoms with Crippen LogP contribution in [-0.4, -0.2) is 15.7 Å². The first-order valence-electron chi connectivity index (χ1n) is 8.63. The molecule has 3 aromatic rings. The monoisotopic (exact) mass is 401 g/mol. The summed E-state index contributed by atoms with van der Waals surface area (Å²) in [5.74, 6) is -0.140. The van der Waals surface area contributed by atoms with Gasteiger partial charge in [0.1, 0.15) is 0 Å². The number of benzene rings is 2. The molecule has 1 aromatic heterocycles. The number of aryl methyl sites for hydroxylation is 3. The summed E-state index contributed by atoms with van der Waals surface area (Å²) in [4.78, 5) is 12.7. The van der Waals surface area contributed by atoms with E-state index in [0.717, 1.165) is 33.8 Å². The minimum Gasteiger partial charge on any atom is -0.319 e. The van der Waals surface area contributed by atoms with Crippen LogP contribution >= 0.6 is 23.2 Å². The molecule has 1 N–H and O–H groups in total. The second-order valence-corrected chi connectivity index (χ2v) is 7.52. The number of halogens is 2. The summed E-state index contributed by atoms with van der Waals surface area (Å²) < 4.78 is 1.85. The summed E-state index contributed by atoms with van der Waals surface area (Å²) in [6, 6.07) is 11.2. The quantitative estimate of drug-likeness (QED) is 0.606. The van der Waals surface area contributed by atoms with Crippen LogP contribution in [0.1, 0.15) is 38.4 Å². The number of amides is 1. The Hall–Kier alpha value is -2.30. The maximum absolute atomic E-state index is 12.7. The van der Waals surface area contributed by atoms with E-state index in [2.05, 4.69) is 10.4 Å². The van der Waals surface area contributed by atoms with Gasteiger partial charge in [0.15, 0.2) is 0 Å². The number of nitrogens with one attached hydrogen (secondary N) is 1. The average molecular weight is 402 g/mol. The predicted molar refractivity (Wildman–Crippen MR) is 111 cm³/mol. The summed E-state index contributed by atoms with van der Waals surface area (Å²) in [5, 5.41) is 8.60. The van der Waals surface area contributed by atoms with Crippen LogP contribution in [0.25, 0.3) is 0 Å². The van der Waals surface area contributed by atoms with E-state index in [1.54, 1.807) is 6.07 Å². The van der Waals surface area contributed by atoms with Crippen molar-refractivity contribution in [3.05, 3.63) is 80.1 Å². The van der Waals surface area contributed by atoms with E-state index >= 15 is 0 Å². The molecule has 3 rings (SSSR count). The molecule has 0 saturated carbocycles. The van der Waals surface area contributed by atoms with Crippen LogP contribution in [0.15, 0.2) is 36.4 Å². The van der Waals surface area contributed by atoms with Gasteiger partial charge in [0.25, 0.3) is 5.91 Å². The highest BCUT2D eigenvalue weighted by Crippen LogP contribution is 2.25. The number of aromatic nitrogens is 2. The lowest BCUT2D eigenvalue weighted by atomic mass is 10.1. The van der Waals surface area contributed by atoms with Crippen LogP contribution in [0.3, 0.4) is 0 Å². The molecule has 0 fully saturated rings. The highest BCUT2D eigenvalue weighted by Gasteiger charge is 2.16. The number of anilines is 1. The number of rotatable bonds is 4. The third-order valence-electron chi connectivity index (χ3n) is 4.71. The second kappa shape index (κ2) is 7.75. The highest BCUT2D eigenvalue weighted by atomic mass is 35.5. The maximum Gasteiger partial charge on any atom is 0.255 e. The Bertz CT molecular complexity index is 1020. The van der Waals surface area contributed by atoms with E-state index in [1.165, 1.54) is 0 Å². The van der Waals surface area contributed by atoms with Crippen LogP contribution in [0.2, 0.25) is 10.0 Å². The topological polar surface area (TPSA) is 46.9 Å². The molecule has 1 amide bonds. The van der Waals surface area contributed by atoms with Crippen molar-refractivity contribution < 1.29 is 4.79 Å². The smallest absolute Gasteiger partial charge is 0.255 e. The lowest BCUT2D eigenvalue weighted by Gasteiger charge is -2.09. The zero-order valence-electron chi connectivity index (χ0n) is 15.7. The Kier molecular flexibility index (Phi) is 5.59. The Morgan fingerprint density at radius 3 is 2.41 bits per heavy atom. The lowest BCUT2D eigenvalue weighted by Crippen LogP contribution is -2.13. The molecule has 0 radical (unpaired) electrons. The van der Waals surface area contributed by atoms with Crippen LogP contribution in [0.4, 0.5) is 5.69 Å². The number of hydrogen-bond acceptors (Lipinski definition) is 2. The van der Waals surface area contributed by atoms with Crippen molar-refractivity contribution in [1.82, 2.24) is 9.78 Å². The van der Waals surface area contributed by atoms with Gasteiger partial charge in [-0.15, -0.1) is 0 Å². The molecular formula is C21H21Cl2N3O. The zero-order chi connectivity index (χ0) is 19.7. The fourth-order valence-electron chi connectivity index (χ4n) is 2.91. The molecule has 0 aliphatic heterocycles. The van der Waals surface area contributed by atoms with E-state index in [0.29, 0.717) is 22.2 Å². The Balaban J connectivity index is 1.83. The molecule has 1 heterocycles. The van der Waals surface area contributed by atoms with Crippen molar-refractivity contribution in [2.75, 3.05) is 5.32 Å². The van der Waals surface area contributed by atoms with Crippen LogP contribution in [0, 0.1) is 27.7 Å². The Morgan fingerprint density at radius 1 is 1.00 bits per heavy atom. The van der Waals surface area contributed by atoms with Crippen LogP contribution in [-0.2, 0) is 6.54 Å².